The van der Waals surface area contributed by atoms with Gasteiger partial charge in [-0.25, -0.2) is 0 Å². The first-order valence-corrected chi connectivity index (χ1v) is 7.76. The molecule has 1 atom stereocenters. The summed E-state index contributed by atoms with van der Waals surface area (Å²) in [7, 11) is 0. The summed E-state index contributed by atoms with van der Waals surface area (Å²) < 4.78 is 11.4. The van der Waals surface area contributed by atoms with Crippen LogP contribution in [0.3, 0.4) is 0 Å². The average molecular weight is 286 g/mol. The maximum absolute atomic E-state index is 9.82. The molecule has 4 heteroatoms. The lowest BCUT2D eigenvalue weighted by molar-refractivity contribution is -0.0460. The number of nitrogens with one attached hydrogen (secondary N) is 1. The number of hydrogen-bond donors (Lipinski definition) is 1. The van der Waals surface area contributed by atoms with E-state index >= 15 is 0 Å². The van der Waals surface area contributed by atoms with Gasteiger partial charge in [-0.1, -0.05) is 30.3 Å². The summed E-state index contributed by atoms with van der Waals surface area (Å²) in [5.41, 5.74) is 0.257. The highest BCUT2D eigenvalue weighted by Gasteiger charge is 2.39. The minimum Gasteiger partial charge on any atom is -0.381 e. The monoisotopic (exact) mass is 286 g/mol. The minimum atomic E-state index is -0.735. The zero-order valence-corrected chi connectivity index (χ0v) is 12.3. The van der Waals surface area contributed by atoms with Gasteiger partial charge in [-0.3, -0.25) is 5.32 Å². The molecule has 0 radical (unpaired) electrons. The molecule has 2 fully saturated rings. The van der Waals surface area contributed by atoms with Crippen LogP contribution in [0.25, 0.3) is 0 Å². The normalized spacial score (nSPS) is 22.4. The standard InChI is InChI=1S/C17H22N2O2/c18-12-17(19-15-6-7-15,14-4-2-1-3-5-14)13-21-16-8-10-20-11-9-16/h1-5,15-16,19H,6-11,13H2. The first kappa shape index (κ1) is 14.5. The summed E-state index contributed by atoms with van der Waals surface area (Å²) in [6, 6.07) is 12.9. The van der Waals surface area contributed by atoms with Gasteiger partial charge in [-0.2, -0.15) is 5.26 Å². The zero-order chi connectivity index (χ0) is 14.5. The predicted octanol–water partition coefficient (Wildman–Crippen LogP) is 2.35. The Morgan fingerprint density at radius 1 is 1.19 bits per heavy atom. The summed E-state index contributed by atoms with van der Waals surface area (Å²) in [5, 5.41) is 13.3. The molecule has 1 aromatic rings. The van der Waals surface area contributed by atoms with Crippen LogP contribution in [-0.4, -0.2) is 32.0 Å². The SMILES string of the molecule is N#CC(COC1CCOCC1)(NC1CC1)c1ccccc1. The lowest BCUT2D eigenvalue weighted by Crippen LogP contribution is -2.47. The largest absolute Gasteiger partial charge is 0.381 e. The van der Waals surface area contributed by atoms with E-state index in [2.05, 4.69) is 11.4 Å². The van der Waals surface area contributed by atoms with E-state index in [1.54, 1.807) is 0 Å². The van der Waals surface area contributed by atoms with Crippen molar-refractivity contribution in [2.24, 2.45) is 0 Å². The molecule has 0 spiro atoms. The van der Waals surface area contributed by atoms with Gasteiger partial charge >= 0.3 is 0 Å². The van der Waals surface area contributed by atoms with Crippen molar-refractivity contribution in [2.75, 3.05) is 19.8 Å². The van der Waals surface area contributed by atoms with Crippen molar-refractivity contribution < 1.29 is 9.47 Å². The molecule has 0 amide bonds. The molecule has 1 aromatic carbocycles. The summed E-state index contributed by atoms with van der Waals surface area (Å²) in [6.07, 6.45) is 4.33. The molecule has 0 bridgehead atoms. The highest BCUT2D eigenvalue weighted by atomic mass is 16.5. The third-order valence-electron chi connectivity index (χ3n) is 4.19. The molecule has 21 heavy (non-hydrogen) atoms. The molecule has 112 valence electrons. The van der Waals surface area contributed by atoms with E-state index in [4.69, 9.17) is 9.47 Å². The van der Waals surface area contributed by atoms with Gasteiger partial charge in [0.25, 0.3) is 0 Å². The molecule has 1 N–H and O–H groups in total. The molecule has 3 rings (SSSR count). The number of hydrogen-bond acceptors (Lipinski definition) is 4. The lowest BCUT2D eigenvalue weighted by atomic mass is 9.92. The van der Waals surface area contributed by atoms with Crippen LogP contribution in [0.2, 0.25) is 0 Å². The van der Waals surface area contributed by atoms with Crippen LogP contribution in [-0.2, 0) is 15.0 Å². The van der Waals surface area contributed by atoms with Gasteiger partial charge in [0.15, 0.2) is 5.54 Å². The second-order valence-electron chi connectivity index (χ2n) is 5.92. The lowest BCUT2D eigenvalue weighted by Gasteiger charge is -2.31. The molecule has 1 aliphatic heterocycles. The molecular formula is C17H22N2O2. The first-order chi connectivity index (χ1) is 10.3. The first-order valence-electron chi connectivity index (χ1n) is 7.76. The fourth-order valence-electron chi connectivity index (χ4n) is 2.72. The van der Waals surface area contributed by atoms with Crippen LogP contribution in [0, 0.1) is 11.3 Å². The van der Waals surface area contributed by atoms with Gasteiger partial charge in [0.1, 0.15) is 0 Å². The molecule has 1 heterocycles. The summed E-state index contributed by atoms with van der Waals surface area (Å²) >= 11 is 0. The summed E-state index contributed by atoms with van der Waals surface area (Å²) in [6.45, 7) is 1.91. The highest BCUT2D eigenvalue weighted by molar-refractivity contribution is 5.32. The van der Waals surface area contributed by atoms with E-state index in [-0.39, 0.29) is 6.10 Å². The van der Waals surface area contributed by atoms with E-state index in [1.807, 2.05) is 30.3 Å². The van der Waals surface area contributed by atoms with Crippen LogP contribution < -0.4 is 5.32 Å². The number of nitrogens with zero attached hydrogens (tertiary/aromatic N) is 1. The Bertz CT molecular complexity index is 489. The number of nitriles is 1. The third-order valence-corrected chi connectivity index (χ3v) is 4.19. The van der Waals surface area contributed by atoms with E-state index in [0.29, 0.717) is 12.6 Å². The Morgan fingerprint density at radius 3 is 2.52 bits per heavy atom. The zero-order valence-electron chi connectivity index (χ0n) is 12.3. The molecule has 1 saturated heterocycles. The maximum atomic E-state index is 9.82. The number of benzene rings is 1. The van der Waals surface area contributed by atoms with Crippen molar-refractivity contribution in [1.82, 2.24) is 5.32 Å². The molecule has 4 nitrogen and oxygen atoms in total. The van der Waals surface area contributed by atoms with E-state index in [0.717, 1.165) is 44.5 Å². The van der Waals surface area contributed by atoms with Crippen LogP contribution >= 0.6 is 0 Å². The van der Waals surface area contributed by atoms with E-state index < -0.39 is 5.54 Å². The van der Waals surface area contributed by atoms with Gasteiger partial charge in [-0.05, 0) is 31.2 Å². The Labute approximate surface area is 126 Å². The third kappa shape index (κ3) is 3.62. The Balaban J connectivity index is 1.73. The van der Waals surface area contributed by atoms with Gasteiger partial charge in [-0.15, -0.1) is 0 Å². The Kier molecular flexibility index (Phi) is 4.54. The second kappa shape index (κ2) is 6.57. The summed E-state index contributed by atoms with van der Waals surface area (Å²) in [4.78, 5) is 0. The Morgan fingerprint density at radius 2 is 1.90 bits per heavy atom. The smallest absolute Gasteiger partial charge is 0.156 e. The van der Waals surface area contributed by atoms with Crippen molar-refractivity contribution >= 4 is 0 Å². The van der Waals surface area contributed by atoms with Gasteiger partial charge in [0.2, 0.25) is 0 Å². The average Bonchev–Trinajstić information content (AvgIpc) is 3.37. The van der Waals surface area contributed by atoms with Crippen LogP contribution in [0.1, 0.15) is 31.2 Å². The minimum absolute atomic E-state index is 0.205. The van der Waals surface area contributed by atoms with Crippen molar-refractivity contribution in [3.63, 3.8) is 0 Å². The van der Waals surface area contributed by atoms with E-state index in [1.165, 1.54) is 0 Å². The second-order valence-corrected chi connectivity index (χ2v) is 5.92. The molecule has 1 aliphatic carbocycles. The van der Waals surface area contributed by atoms with E-state index in [9.17, 15) is 5.26 Å². The molecule has 1 unspecified atom stereocenters. The number of ether oxygens (including phenoxy) is 2. The molecule has 0 aromatic heterocycles. The highest BCUT2D eigenvalue weighted by Crippen LogP contribution is 2.29. The Hall–Kier alpha value is -1.41. The van der Waals surface area contributed by atoms with Crippen molar-refractivity contribution in [1.29, 1.82) is 5.26 Å². The quantitative estimate of drug-likeness (QED) is 0.872. The van der Waals surface area contributed by atoms with Gasteiger partial charge < -0.3 is 9.47 Å². The number of rotatable bonds is 6. The van der Waals surface area contributed by atoms with Crippen LogP contribution in [0.4, 0.5) is 0 Å². The van der Waals surface area contributed by atoms with Crippen LogP contribution in [0.15, 0.2) is 30.3 Å². The summed E-state index contributed by atoms with van der Waals surface area (Å²) in [5.74, 6) is 0. The van der Waals surface area contributed by atoms with Crippen molar-refractivity contribution in [3.8, 4) is 6.07 Å². The fraction of sp³-hybridized carbons (Fsp3) is 0.588. The maximum Gasteiger partial charge on any atom is 0.156 e. The topological polar surface area (TPSA) is 54.3 Å². The van der Waals surface area contributed by atoms with Gasteiger partial charge in [0, 0.05) is 19.3 Å². The molecule has 1 saturated carbocycles. The van der Waals surface area contributed by atoms with Crippen molar-refractivity contribution in [2.45, 2.75) is 43.4 Å². The molecule has 2 aliphatic rings. The fourth-order valence-corrected chi connectivity index (χ4v) is 2.72. The molecular weight excluding hydrogens is 264 g/mol. The van der Waals surface area contributed by atoms with Crippen LogP contribution in [0.5, 0.6) is 0 Å². The van der Waals surface area contributed by atoms with Gasteiger partial charge in [0.05, 0.1) is 18.8 Å². The van der Waals surface area contributed by atoms with Crippen molar-refractivity contribution in [3.05, 3.63) is 35.9 Å². The predicted molar refractivity (Wildman–Crippen MR) is 79.7 cm³/mol.